The van der Waals surface area contributed by atoms with Crippen molar-refractivity contribution in [3.8, 4) is 0 Å². The summed E-state index contributed by atoms with van der Waals surface area (Å²) in [6, 6.07) is 9.23. The fourth-order valence-electron chi connectivity index (χ4n) is 4.20. The van der Waals surface area contributed by atoms with E-state index in [9.17, 15) is 4.79 Å². The van der Waals surface area contributed by atoms with Gasteiger partial charge in [-0.05, 0) is 36.8 Å². The number of nitrogens with one attached hydrogen (secondary N) is 1. The molecule has 1 N–H and O–H groups in total. The molecular weight excluding hydrogens is 236 g/mol. The molecule has 19 heavy (non-hydrogen) atoms. The number of benzene rings is 1. The van der Waals surface area contributed by atoms with Crippen molar-refractivity contribution in [2.75, 3.05) is 13.1 Å². The molecule has 1 amide bonds. The van der Waals surface area contributed by atoms with Crippen LogP contribution >= 0.6 is 0 Å². The summed E-state index contributed by atoms with van der Waals surface area (Å²) in [6.07, 6.45) is 2.10. The van der Waals surface area contributed by atoms with E-state index in [4.69, 9.17) is 0 Å². The van der Waals surface area contributed by atoms with Crippen molar-refractivity contribution < 1.29 is 4.79 Å². The fraction of sp³-hybridized carbons (Fsp3) is 0.562. The highest BCUT2D eigenvalue weighted by molar-refractivity contribution is 5.87. The second-order valence-electron chi connectivity index (χ2n) is 6.27. The number of fused-ring (bicyclic) bond motifs is 2. The van der Waals surface area contributed by atoms with Gasteiger partial charge in [-0.1, -0.05) is 24.3 Å². The third-order valence-electron chi connectivity index (χ3n) is 5.19. The highest BCUT2D eigenvalue weighted by Gasteiger charge is 2.47. The monoisotopic (exact) mass is 256 g/mol. The van der Waals surface area contributed by atoms with Crippen LogP contribution in [0.5, 0.6) is 0 Å². The van der Waals surface area contributed by atoms with Crippen LogP contribution in [-0.2, 0) is 11.2 Å². The van der Waals surface area contributed by atoms with Crippen LogP contribution in [-0.4, -0.2) is 36.0 Å². The lowest BCUT2D eigenvalue weighted by molar-refractivity contribution is -0.136. The minimum atomic E-state index is 0.123. The predicted molar refractivity (Wildman–Crippen MR) is 74.0 cm³/mol. The normalized spacial score (nSPS) is 35.7. The van der Waals surface area contributed by atoms with E-state index in [2.05, 4.69) is 35.3 Å². The van der Waals surface area contributed by atoms with Crippen LogP contribution in [0.4, 0.5) is 0 Å². The van der Waals surface area contributed by atoms with Gasteiger partial charge in [-0.25, -0.2) is 0 Å². The second kappa shape index (κ2) is 4.07. The summed E-state index contributed by atoms with van der Waals surface area (Å²) in [7, 11) is 0. The van der Waals surface area contributed by atoms with Crippen LogP contribution in [0.1, 0.15) is 30.4 Å². The number of carbonyl (C=O) groups is 1. The summed E-state index contributed by atoms with van der Waals surface area (Å²) in [6.45, 7) is 4.27. The summed E-state index contributed by atoms with van der Waals surface area (Å²) in [5.41, 5.74) is 2.61. The van der Waals surface area contributed by atoms with Gasteiger partial charge in [0, 0.05) is 25.2 Å². The average Bonchev–Trinajstić information content (AvgIpc) is 2.90. The van der Waals surface area contributed by atoms with Gasteiger partial charge < -0.3 is 10.2 Å². The molecule has 0 radical (unpaired) electrons. The van der Waals surface area contributed by atoms with E-state index in [1.54, 1.807) is 0 Å². The van der Waals surface area contributed by atoms with Gasteiger partial charge in [0.25, 0.3) is 0 Å². The molecule has 0 saturated carbocycles. The Balaban J connectivity index is 1.59. The maximum Gasteiger partial charge on any atom is 0.231 e. The van der Waals surface area contributed by atoms with E-state index < -0.39 is 0 Å². The Hall–Kier alpha value is -1.35. The highest BCUT2D eigenvalue weighted by atomic mass is 16.2. The Labute approximate surface area is 114 Å². The van der Waals surface area contributed by atoms with Crippen molar-refractivity contribution in [3.05, 3.63) is 35.4 Å². The minimum absolute atomic E-state index is 0.123. The van der Waals surface area contributed by atoms with Crippen LogP contribution in [0.25, 0.3) is 0 Å². The lowest BCUT2D eigenvalue weighted by Crippen LogP contribution is -2.47. The van der Waals surface area contributed by atoms with E-state index in [-0.39, 0.29) is 5.92 Å². The van der Waals surface area contributed by atoms with Crippen LogP contribution < -0.4 is 5.32 Å². The van der Waals surface area contributed by atoms with Crippen molar-refractivity contribution in [3.63, 3.8) is 0 Å². The van der Waals surface area contributed by atoms with E-state index >= 15 is 0 Å². The molecule has 2 saturated heterocycles. The molecule has 4 unspecified atom stereocenters. The average molecular weight is 256 g/mol. The first-order valence-corrected chi connectivity index (χ1v) is 7.36. The predicted octanol–water partition coefficient (Wildman–Crippen LogP) is 1.54. The number of nitrogens with zero attached hydrogens (tertiary/aromatic N) is 1. The number of hydrogen-bond acceptors (Lipinski definition) is 2. The molecule has 3 nitrogen and oxygen atoms in total. The SMILES string of the molecule is CC1CC2CNCC2N1C(=O)C1Cc2ccccc21. The van der Waals surface area contributed by atoms with Crippen LogP contribution in [0.3, 0.4) is 0 Å². The Morgan fingerprint density at radius 2 is 2.16 bits per heavy atom. The Morgan fingerprint density at radius 1 is 1.32 bits per heavy atom. The molecule has 4 atom stereocenters. The summed E-state index contributed by atoms with van der Waals surface area (Å²) in [4.78, 5) is 15.0. The molecule has 0 bridgehead atoms. The molecular formula is C16H20N2O. The maximum absolute atomic E-state index is 12.8. The largest absolute Gasteiger partial charge is 0.335 e. The molecule has 1 aromatic rings. The number of rotatable bonds is 1. The quantitative estimate of drug-likeness (QED) is 0.826. The van der Waals surface area contributed by atoms with Crippen molar-refractivity contribution in [1.29, 1.82) is 0 Å². The number of hydrogen-bond donors (Lipinski definition) is 1. The summed E-state index contributed by atoms with van der Waals surface area (Å²) >= 11 is 0. The van der Waals surface area contributed by atoms with E-state index in [1.165, 1.54) is 11.1 Å². The molecule has 1 aromatic carbocycles. The lowest BCUT2D eigenvalue weighted by Gasteiger charge is -2.36. The Kier molecular flexibility index (Phi) is 2.46. The number of likely N-dealkylation sites (tertiary alicyclic amines) is 1. The van der Waals surface area contributed by atoms with Crippen LogP contribution in [0.2, 0.25) is 0 Å². The molecule has 2 aliphatic heterocycles. The first kappa shape index (κ1) is 11.5. The van der Waals surface area contributed by atoms with E-state index in [0.29, 0.717) is 23.9 Å². The Morgan fingerprint density at radius 3 is 3.00 bits per heavy atom. The smallest absolute Gasteiger partial charge is 0.231 e. The highest BCUT2D eigenvalue weighted by Crippen LogP contribution is 2.40. The second-order valence-corrected chi connectivity index (χ2v) is 6.27. The topological polar surface area (TPSA) is 32.3 Å². The first-order chi connectivity index (χ1) is 9.25. The molecule has 0 aromatic heterocycles. The molecule has 1 aliphatic carbocycles. The number of amides is 1. The standard InChI is InChI=1S/C16H20N2O/c1-10-6-12-8-17-9-15(12)18(10)16(19)14-7-11-4-2-3-5-13(11)14/h2-5,10,12,14-15,17H,6-9H2,1H3. The van der Waals surface area contributed by atoms with Gasteiger partial charge in [-0.15, -0.1) is 0 Å². The van der Waals surface area contributed by atoms with Gasteiger partial charge in [0.1, 0.15) is 0 Å². The lowest BCUT2D eigenvalue weighted by atomic mass is 9.76. The van der Waals surface area contributed by atoms with Crippen molar-refractivity contribution >= 4 is 5.91 Å². The zero-order chi connectivity index (χ0) is 13.0. The first-order valence-electron chi connectivity index (χ1n) is 7.36. The zero-order valence-electron chi connectivity index (χ0n) is 11.3. The van der Waals surface area contributed by atoms with Gasteiger partial charge >= 0.3 is 0 Å². The molecule has 3 heteroatoms. The van der Waals surface area contributed by atoms with Gasteiger partial charge in [-0.2, -0.15) is 0 Å². The minimum Gasteiger partial charge on any atom is -0.335 e. The zero-order valence-corrected chi connectivity index (χ0v) is 11.3. The molecule has 100 valence electrons. The van der Waals surface area contributed by atoms with E-state index in [0.717, 1.165) is 25.9 Å². The van der Waals surface area contributed by atoms with Crippen molar-refractivity contribution in [2.24, 2.45) is 5.92 Å². The fourth-order valence-corrected chi connectivity index (χ4v) is 4.20. The molecule has 2 heterocycles. The third-order valence-corrected chi connectivity index (χ3v) is 5.19. The summed E-state index contributed by atoms with van der Waals surface area (Å²) in [5.74, 6) is 1.16. The summed E-state index contributed by atoms with van der Waals surface area (Å²) in [5, 5.41) is 3.43. The Bertz CT molecular complexity index is 527. The van der Waals surface area contributed by atoms with Gasteiger partial charge in [0.05, 0.1) is 5.92 Å². The van der Waals surface area contributed by atoms with Crippen LogP contribution in [0, 0.1) is 5.92 Å². The molecule has 2 fully saturated rings. The van der Waals surface area contributed by atoms with Crippen LogP contribution in [0.15, 0.2) is 24.3 Å². The molecule has 4 rings (SSSR count). The van der Waals surface area contributed by atoms with Gasteiger partial charge in [0.15, 0.2) is 0 Å². The molecule has 3 aliphatic rings. The molecule has 0 spiro atoms. The van der Waals surface area contributed by atoms with Gasteiger partial charge in [0.2, 0.25) is 5.91 Å². The van der Waals surface area contributed by atoms with Crippen molar-refractivity contribution in [2.45, 2.75) is 37.8 Å². The number of carbonyl (C=O) groups excluding carboxylic acids is 1. The summed E-state index contributed by atoms with van der Waals surface area (Å²) < 4.78 is 0. The maximum atomic E-state index is 12.8. The van der Waals surface area contributed by atoms with Crippen molar-refractivity contribution in [1.82, 2.24) is 10.2 Å². The van der Waals surface area contributed by atoms with E-state index in [1.807, 2.05) is 6.07 Å². The van der Waals surface area contributed by atoms with Gasteiger partial charge in [-0.3, -0.25) is 4.79 Å². The third kappa shape index (κ3) is 1.57.